The molecule has 0 aromatic carbocycles. The summed E-state index contributed by atoms with van der Waals surface area (Å²) in [7, 11) is 3.63. The number of rotatable bonds is 5. The van der Waals surface area contributed by atoms with E-state index in [-0.39, 0.29) is 29.4 Å². The number of ether oxygens (including phenoxy) is 1. The molecular formula is C14H29IN4O. The van der Waals surface area contributed by atoms with Gasteiger partial charge in [0.05, 0.1) is 6.10 Å². The molecule has 0 radical (unpaired) electrons. The highest BCUT2D eigenvalue weighted by atomic mass is 127. The van der Waals surface area contributed by atoms with E-state index in [1.807, 2.05) is 7.05 Å². The van der Waals surface area contributed by atoms with Crippen molar-refractivity contribution in [3.05, 3.63) is 0 Å². The molecule has 2 aliphatic rings. The van der Waals surface area contributed by atoms with Gasteiger partial charge in [0.2, 0.25) is 0 Å². The molecule has 1 aliphatic carbocycles. The van der Waals surface area contributed by atoms with Crippen LogP contribution in [0, 0.1) is 5.41 Å². The van der Waals surface area contributed by atoms with Gasteiger partial charge in [0, 0.05) is 38.7 Å². The Morgan fingerprint density at radius 3 is 2.55 bits per heavy atom. The average Bonchev–Trinajstić information content (AvgIpc) is 2.34. The van der Waals surface area contributed by atoms with Crippen LogP contribution in [0.1, 0.15) is 26.7 Å². The van der Waals surface area contributed by atoms with Crippen molar-refractivity contribution in [1.82, 2.24) is 15.5 Å². The van der Waals surface area contributed by atoms with Gasteiger partial charge in [0.15, 0.2) is 5.96 Å². The van der Waals surface area contributed by atoms with E-state index in [4.69, 9.17) is 4.74 Å². The first-order valence-corrected chi connectivity index (χ1v) is 7.30. The zero-order valence-electron chi connectivity index (χ0n) is 13.1. The van der Waals surface area contributed by atoms with Crippen LogP contribution < -0.4 is 10.6 Å². The summed E-state index contributed by atoms with van der Waals surface area (Å²) in [5.74, 6) is 0.910. The van der Waals surface area contributed by atoms with Gasteiger partial charge in [0.25, 0.3) is 0 Å². The number of hydrogen-bond donors (Lipinski definition) is 2. The molecule has 2 N–H and O–H groups in total. The summed E-state index contributed by atoms with van der Waals surface area (Å²) in [4.78, 5) is 6.75. The van der Waals surface area contributed by atoms with Crippen molar-refractivity contribution >= 4 is 29.9 Å². The lowest BCUT2D eigenvalue weighted by molar-refractivity contribution is -0.0922. The molecule has 20 heavy (non-hydrogen) atoms. The second kappa shape index (κ2) is 7.79. The normalized spacial score (nSPS) is 28.9. The number of likely N-dealkylation sites (tertiary alicyclic amines) is 1. The van der Waals surface area contributed by atoms with Gasteiger partial charge in [-0.05, 0) is 25.9 Å². The first-order valence-electron chi connectivity index (χ1n) is 7.30. The van der Waals surface area contributed by atoms with Crippen LogP contribution in [0.2, 0.25) is 0 Å². The molecule has 1 saturated carbocycles. The van der Waals surface area contributed by atoms with Gasteiger partial charge >= 0.3 is 0 Å². The van der Waals surface area contributed by atoms with Crippen molar-refractivity contribution in [2.24, 2.45) is 10.4 Å². The maximum Gasteiger partial charge on any atom is 0.191 e. The van der Waals surface area contributed by atoms with Crippen molar-refractivity contribution in [2.75, 3.05) is 40.3 Å². The Bertz CT molecular complexity index is 331. The molecular weight excluding hydrogens is 367 g/mol. The number of guanidine groups is 1. The molecule has 1 aliphatic heterocycles. The molecule has 2 fully saturated rings. The van der Waals surface area contributed by atoms with Crippen molar-refractivity contribution in [2.45, 2.75) is 38.8 Å². The van der Waals surface area contributed by atoms with Gasteiger partial charge in [-0.15, -0.1) is 24.0 Å². The fraction of sp³-hybridized carbons (Fsp3) is 0.929. The number of methoxy groups -OCH3 is 1. The highest BCUT2D eigenvalue weighted by Crippen LogP contribution is 2.42. The summed E-state index contributed by atoms with van der Waals surface area (Å²) < 4.78 is 5.47. The fourth-order valence-electron chi connectivity index (χ4n) is 2.83. The first-order chi connectivity index (χ1) is 9.07. The molecule has 1 heterocycles. The minimum absolute atomic E-state index is 0. The van der Waals surface area contributed by atoms with E-state index in [1.165, 1.54) is 19.5 Å². The molecule has 1 saturated heterocycles. The van der Waals surface area contributed by atoms with Crippen LogP contribution in [0.3, 0.4) is 0 Å². The van der Waals surface area contributed by atoms with Gasteiger partial charge in [-0.25, -0.2) is 0 Å². The predicted molar refractivity (Wildman–Crippen MR) is 94.0 cm³/mol. The quantitative estimate of drug-likeness (QED) is 0.418. The summed E-state index contributed by atoms with van der Waals surface area (Å²) >= 11 is 0. The molecule has 0 bridgehead atoms. The van der Waals surface area contributed by atoms with Crippen LogP contribution in [-0.4, -0.2) is 63.3 Å². The van der Waals surface area contributed by atoms with E-state index in [2.05, 4.69) is 34.4 Å². The number of halogens is 1. The Balaban J connectivity index is 0.00000200. The number of aliphatic imine (C=N–C) groups is 1. The molecule has 0 spiro atoms. The molecule has 118 valence electrons. The molecule has 6 heteroatoms. The summed E-state index contributed by atoms with van der Waals surface area (Å²) in [5, 5.41) is 6.90. The SMILES string of the molecule is CN=C(NCCN1CCC1)NC1CC(OC)C1(C)C.I. The second-order valence-corrected chi connectivity index (χ2v) is 6.17. The summed E-state index contributed by atoms with van der Waals surface area (Å²) in [6, 6.07) is 0.438. The van der Waals surface area contributed by atoms with Gasteiger partial charge in [-0.2, -0.15) is 0 Å². The summed E-state index contributed by atoms with van der Waals surface area (Å²) in [6.07, 6.45) is 2.75. The van der Waals surface area contributed by atoms with Crippen LogP contribution in [0.15, 0.2) is 4.99 Å². The minimum Gasteiger partial charge on any atom is -0.381 e. The molecule has 0 aromatic rings. The molecule has 0 aromatic heterocycles. The smallest absolute Gasteiger partial charge is 0.191 e. The number of nitrogens with zero attached hydrogens (tertiary/aromatic N) is 2. The molecule has 2 atom stereocenters. The zero-order valence-corrected chi connectivity index (χ0v) is 15.4. The van der Waals surface area contributed by atoms with Gasteiger partial charge in [-0.1, -0.05) is 13.8 Å². The standard InChI is InChI=1S/C14H28N4O.HI/c1-14(2)11(10-12(14)19-4)17-13(15-3)16-6-9-18-7-5-8-18;/h11-12H,5-10H2,1-4H3,(H2,15,16,17);1H. The van der Waals surface area contributed by atoms with Crippen LogP contribution in [0.4, 0.5) is 0 Å². The second-order valence-electron chi connectivity index (χ2n) is 6.17. The van der Waals surface area contributed by atoms with Gasteiger partial charge < -0.3 is 20.3 Å². The molecule has 2 unspecified atom stereocenters. The lowest BCUT2D eigenvalue weighted by Crippen LogP contribution is -2.63. The summed E-state index contributed by atoms with van der Waals surface area (Å²) in [6.45, 7) is 9.05. The van der Waals surface area contributed by atoms with Gasteiger partial charge in [-0.3, -0.25) is 4.99 Å². The Labute approximate surface area is 139 Å². The number of nitrogens with one attached hydrogen (secondary N) is 2. The Morgan fingerprint density at radius 2 is 2.10 bits per heavy atom. The topological polar surface area (TPSA) is 48.9 Å². The zero-order chi connectivity index (χ0) is 13.9. The first kappa shape index (κ1) is 18.0. The maximum atomic E-state index is 5.47. The van der Waals surface area contributed by atoms with Crippen LogP contribution in [0.5, 0.6) is 0 Å². The Hall–Kier alpha value is -0.0800. The summed E-state index contributed by atoms with van der Waals surface area (Å²) in [5.41, 5.74) is 0.170. The lowest BCUT2D eigenvalue weighted by Gasteiger charge is -2.51. The molecule has 2 rings (SSSR count). The van der Waals surface area contributed by atoms with E-state index in [1.54, 1.807) is 7.11 Å². The highest BCUT2D eigenvalue weighted by molar-refractivity contribution is 14.0. The minimum atomic E-state index is 0. The third kappa shape index (κ3) is 3.98. The average molecular weight is 396 g/mol. The highest BCUT2D eigenvalue weighted by Gasteiger charge is 2.48. The van der Waals surface area contributed by atoms with Crippen LogP contribution in [-0.2, 0) is 4.74 Å². The number of hydrogen-bond acceptors (Lipinski definition) is 3. The van der Waals surface area contributed by atoms with Gasteiger partial charge in [0.1, 0.15) is 0 Å². The van der Waals surface area contributed by atoms with Crippen molar-refractivity contribution in [1.29, 1.82) is 0 Å². The monoisotopic (exact) mass is 396 g/mol. The molecule has 5 nitrogen and oxygen atoms in total. The Kier molecular flexibility index (Phi) is 7.00. The third-order valence-corrected chi connectivity index (χ3v) is 4.67. The van der Waals surface area contributed by atoms with Crippen molar-refractivity contribution < 1.29 is 4.74 Å². The van der Waals surface area contributed by atoms with Crippen LogP contribution >= 0.6 is 24.0 Å². The van der Waals surface area contributed by atoms with E-state index < -0.39 is 0 Å². The van der Waals surface area contributed by atoms with Crippen molar-refractivity contribution in [3.8, 4) is 0 Å². The maximum absolute atomic E-state index is 5.47. The van der Waals surface area contributed by atoms with E-state index in [0.29, 0.717) is 12.1 Å². The fourth-order valence-corrected chi connectivity index (χ4v) is 2.83. The Morgan fingerprint density at radius 1 is 1.40 bits per heavy atom. The van der Waals surface area contributed by atoms with E-state index >= 15 is 0 Å². The van der Waals surface area contributed by atoms with Crippen molar-refractivity contribution in [3.63, 3.8) is 0 Å². The van der Waals surface area contributed by atoms with E-state index in [9.17, 15) is 0 Å². The van der Waals surface area contributed by atoms with Crippen LogP contribution in [0.25, 0.3) is 0 Å². The predicted octanol–water partition coefficient (Wildman–Crippen LogP) is 1.29. The largest absolute Gasteiger partial charge is 0.381 e. The lowest BCUT2D eigenvalue weighted by atomic mass is 9.64. The molecule has 0 amide bonds. The third-order valence-electron chi connectivity index (χ3n) is 4.67. The van der Waals surface area contributed by atoms with E-state index in [0.717, 1.165) is 25.5 Å².